The summed E-state index contributed by atoms with van der Waals surface area (Å²) in [6.07, 6.45) is 1.55. The second-order valence-electron chi connectivity index (χ2n) is 3.38. The smallest absolute Gasteiger partial charge is 0.130 e. The summed E-state index contributed by atoms with van der Waals surface area (Å²) in [7, 11) is 3.37. The lowest BCUT2D eigenvalue weighted by molar-refractivity contribution is 0.420. The van der Waals surface area contributed by atoms with Gasteiger partial charge in [0.1, 0.15) is 11.8 Å². The number of nitriles is 1. The highest BCUT2D eigenvalue weighted by Gasteiger charge is 2.14. The summed E-state index contributed by atoms with van der Waals surface area (Å²) in [6.45, 7) is 0. The molecule has 0 aliphatic heterocycles. The number of hydrogen-bond donors (Lipinski definition) is 1. The van der Waals surface area contributed by atoms with Crippen LogP contribution in [0.15, 0.2) is 22.8 Å². The number of nitrogens with zero attached hydrogens (tertiary/aromatic N) is 2. The van der Waals surface area contributed by atoms with Gasteiger partial charge in [-0.25, -0.2) is 0 Å². The standard InChI is InChI=1S/C12H10BrN3O/c1-15-11-7(5-14)6-16-12-8(13)3-4-9(17-2)10(11)12/h3-4,6H,1-2H3,(H,15,16). The molecular weight excluding hydrogens is 282 g/mol. The molecule has 17 heavy (non-hydrogen) atoms. The van der Waals surface area contributed by atoms with Crippen molar-refractivity contribution in [1.82, 2.24) is 4.98 Å². The Morgan fingerprint density at radius 2 is 2.24 bits per heavy atom. The zero-order valence-electron chi connectivity index (χ0n) is 9.41. The maximum atomic E-state index is 9.06. The number of aromatic nitrogens is 1. The van der Waals surface area contributed by atoms with Gasteiger partial charge in [-0.2, -0.15) is 5.26 Å². The molecule has 1 aromatic heterocycles. The van der Waals surface area contributed by atoms with Crippen molar-refractivity contribution in [3.05, 3.63) is 28.4 Å². The number of methoxy groups -OCH3 is 1. The number of hydrogen-bond acceptors (Lipinski definition) is 4. The molecule has 0 spiro atoms. The number of rotatable bonds is 2. The summed E-state index contributed by atoms with van der Waals surface area (Å²) < 4.78 is 6.18. The van der Waals surface area contributed by atoms with Crippen LogP contribution < -0.4 is 10.1 Å². The van der Waals surface area contributed by atoms with Gasteiger partial charge < -0.3 is 10.1 Å². The van der Waals surface area contributed by atoms with Gasteiger partial charge in [0, 0.05) is 17.7 Å². The van der Waals surface area contributed by atoms with Crippen LogP contribution >= 0.6 is 15.9 Å². The first-order chi connectivity index (χ1) is 8.22. The van der Waals surface area contributed by atoms with Crippen molar-refractivity contribution in [2.45, 2.75) is 0 Å². The van der Waals surface area contributed by atoms with Crippen LogP contribution in [0.5, 0.6) is 5.75 Å². The first-order valence-corrected chi connectivity index (χ1v) is 5.75. The SMILES string of the molecule is CNc1c(C#N)cnc2c(Br)ccc(OC)c12. The molecule has 0 amide bonds. The first-order valence-electron chi connectivity index (χ1n) is 4.96. The number of halogens is 1. The van der Waals surface area contributed by atoms with Gasteiger partial charge in [0.25, 0.3) is 0 Å². The number of anilines is 1. The van der Waals surface area contributed by atoms with Crippen molar-refractivity contribution in [1.29, 1.82) is 5.26 Å². The van der Waals surface area contributed by atoms with E-state index in [9.17, 15) is 0 Å². The highest BCUT2D eigenvalue weighted by Crippen LogP contribution is 2.36. The van der Waals surface area contributed by atoms with E-state index in [1.54, 1.807) is 20.4 Å². The molecule has 0 bridgehead atoms. The van der Waals surface area contributed by atoms with Crippen molar-refractivity contribution in [2.24, 2.45) is 0 Å². The zero-order valence-corrected chi connectivity index (χ0v) is 11.0. The molecule has 2 rings (SSSR count). The van der Waals surface area contributed by atoms with Crippen molar-refractivity contribution in [3.63, 3.8) is 0 Å². The lowest BCUT2D eigenvalue weighted by Crippen LogP contribution is -1.98. The molecule has 0 aliphatic carbocycles. The van der Waals surface area contributed by atoms with Gasteiger partial charge in [0.05, 0.1) is 29.3 Å². The van der Waals surface area contributed by atoms with E-state index in [4.69, 9.17) is 10.00 Å². The van der Waals surface area contributed by atoms with E-state index in [1.807, 2.05) is 12.1 Å². The molecule has 0 atom stereocenters. The Bertz CT molecular complexity index is 619. The molecular formula is C12H10BrN3O. The van der Waals surface area contributed by atoms with E-state index in [1.165, 1.54) is 0 Å². The predicted octanol–water partition coefficient (Wildman–Crippen LogP) is 2.92. The molecule has 0 saturated heterocycles. The van der Waals surface area contributed by atoms with Crippen LogP contribution in [0, 0.1) is 11.3 Å². The third-order valence-electron chi connectivity index (χ3n) is 2.52. The van der Waals surface area contributed by atoms with E-state index < -0.39 is 0 Å². The summed E-state index contributed by atoms with van der Waals surface area (Å²) in [4.78, 5) is 4.28. The van der Waals surface area contributed by atoms with Gasteiger partial charge in [0.2, 0.25) is 0 Å². The molecule has 5 heteroatoms. The van der Waals surface area contributed by atoms with Crippen LogP contribution in [0.2, 0.25) is 0 Å². The van der Waals surface area contributed by atoms with E-state index in [-0.39, 0.29) is 0 Å². The van der Waals surface area contributed by atoms with Crippen molar-refractivity contribution in [3.8, 4) is 11.8 Å². The van der Waals surface area contributed by atoms with Crippen LogP contribution in [0.25, 0.3) is 10.9 Å². The van der Waals surface area contributed by atoms with Crippen LogP contribution in [0.1, 0.15) is 5.56 Å². The first kappa shape index (κ1) is 11.7. The zero-order chi connectivity index (χ0) is 12.4. The second kappa shape index (κ2) is 4.60. The Kier molecular flexibility index (Phi) is 3.16. The third kappa shape index (κ3) is 1.81. The van der Waals surface area contributed by atoms with Gasteiger partial charge >= 0.3 is 0 Å². The monoisotopic (exact) mass is 291 g/mol. The number of nitrogens with one attached hydrogen (secondary N) is 1. The summed E-state index contributed by atoms with van der Waals surface area (Å²) in [5, 5.41) is 12.9. The maximum Gasteiger partial charge on any atom is 0.130 e. The number of fused-ring (bicyclic) bond motifs is 1. The van der Waals surface area contributed by atoms with E-state index in [0.29, 0.717) is 11.3 Å². The molecule has 0 radical (unpaired) electrons. The lowest BCUT2D eigenvalue weighted by atomic mass is 10.1. The topological polar surface area (TPSA) is 57.9 Å². The number of pyridine rings is 1. The van der Waals surface area contributed by atoms with Crippen molar-refractivity contribution >= 4 is 32.5 Å². The van der Waals surface area contributed by atoms with Gasteiger partial charge in [-0.15, -0.1) is 0 Å². The Hall–Kier alpha value is -1.80. The van der Waals surface area contributed by atoms with E-state index in [2.05, 4.69) is 32.3 Å². The molecule has 4 nitrogen and oxygen atoms in total. The van der Waals surface area contributed by atoms with Crippen LogP contribution in [0.4, 0.5) is 5.69 Å². The number of benzene rings is 1. The van der Waals surface area contributed by atoms with Crippen LogP contribution in [-0.2, 0) is 0 Å². The van der Waals surface area contributed by atoms with Crippen LogP contribution in [-0.4, -0.2) is 19.1 Å². The van der Waals surface area contributed by atoms with Gasteiger partial charge in [0.15, 0.2) is 0 Å². The van der Waals surface area contributed by atoms with E-state index in [0.717, 1.165) is 21.1 Å². The maximum absolute atomic E-state index is 9.06. The minimum atomic E-state index is 0.497. The third-order valence-corrected chi connectivity index (χ3v) is 3.16. The predicted molar refractivity (Wildman–Crippen MR) is 70.3 cm³/mol. The largest absolute Gasteiger partial charge is 0.496 e. The summed E-state index contributed by atoms with van der Waals surface area (Å²) in [5.41, 5.74) is 2.00. The molecule has 0 fully saturated rings. The fourth-order valence-corrected chi connectivity index (χ4v) is 2.19. The lowest BCUT2D eigenvalue weighted by Gasteiger charge is -2.12. The molecule has 0 aliphatic rings. The molecule has 1 heterocycles. The number of ether oxygens (including phenoxy) is 1. The quantitative estimate of drug-likeness (QED) is 0.924. The Labute approximate surface area is 107 Å². The fourth-order valence-electron chi connectivity index (χ4n) is 1.76. The minimum Gasteiger partial charge on any atom is -0.496 e. The summed E-state index contributed by atoms with van der Waals surface area (Å²) in [6, 6.07) is 5.83. The summed E-state index contributed by atoms with van der Waals surface area (Å²) in [5.74, 6) is 0.692. The van der Waals surface area contributed by atoms with Gasteiger partial charge in [-0.3, -0.25) is 4.98 Å². The van der Waals surface area contributed by atoms with Gasteiger partial charge in [-0.1, -0.05) is 0 Å². The minimum absolute atomic E-state index is 0.497. The molecule has 1 N–H and O–H groups in total. The normalized spacial score (nSPS) is 10.0. The average molecular weight is 292 g/mol. The van der Waals surface area contributed by atoms with E-state index >= 15 is 0 Å². The Morgan fingerprint density at radius 1 is 1.47 bits per heavy atom. The van der Waals surface area contributed by atoms with Crippen molar-refractivity contribution in [2.75, 3.05) is 19.5 Å². The van der Waals surface area contributed by atoms with Gasteiger partial charge in [-0.05, 0) is 28.1 Å². The fraction of sp³-hybridized carbons (Fsp3) is 0.167. The molecule has 2 aromatic rings. The molecule has 86 valence electrons. The average Bonchev–Trinajstić information content (AvgIpc) is 2.38. The second-order valence-corrected chi connectivity index (χ2v) is 4.24. The molecule has 0 unspecified atom stereocenters. The van der Waals surface area contributed by atoms with Crippen molar-refractivity contribution < 1.29 is 4.74 Å². The van der Waals surface area contributed by atoms with Crippen LogP contribution in [0.3, 0.4) is 0 Å². The summed E-state index contributed by atoms with van der Waals surface area (Å²) >= 11 is 3.44. The Balaban J connectivity index is 2.96. The Morgan fingerprint density at radius 3 is 2.82 bits per heavy atom. The molecule has 1 aromatic carbocycles. The molecule has 0 saturated carbocycles. The highest BCUT2D eigenvalue weighted by atomic mass is 79.9. The highest BCUT2D eigenvalue weighted by molar-refractivity contribution is 9.10.